The van der Waals surface area contributed by atoms with Crippen LogP contribution in [0.1, 0.15) is 12.0 Å². The van der Waals surface area contributed by atoms with E-state index in [-0.39, 0.29) is 24.1 Å². The van der Waals surface area contributed by atoms with Crippen molar-refractivity contribution in [2.75, 3.05) is 11.9 Å². The number of hydrogen-bond donors (Lipinski definition) is 2. The van der Waals surface area contributed by atoms with Gasteiger partial charge in [-0.1, -0.05) is 30.3 Å². The van der Waals surface area contributed by atoms with E-state index in [1.807, 2.05) is 24.3 Å². The summed E-state index contributed by atoms with van der Waals surface area (Å²) in [4.78, 5) is 25.1. The second-order valence-electron chi connectivity index (χ2n) is 5.49. The van der Waals surface area contributed by atoms with E-state index in [4.69, 9.17) is 0 Å². The van der Waals surface area contributed by atoms with Gasteiger partial charge >= 0.3 is 0 Å². The third kappa shape index (κ3) is 3.94. The molecule has 2 N–H and O–H groups in total. The molecule has 0 bridgehead atoms. The van der Waals surface area contributed by atoms with Gasteiger partial charge < -0.3 is 10.6 Å². The van der Waals surface area contributed by atoms with Crippen LogP contribution in [0.25, 0.3) is 0 Å². The molecular weight excluding hydrogens is 327 g/mol. The van der Waals surface area contributed by atoms with E-state index in [1.54, 1.807) is 18.2 Å². The van der Waals surface area contributed by atoms with E-state index in [0.29, 0.717) is 18.5 Å². The third-order valence-corrected chi connectivity index (χ3v) is 5.03. The number of amides is 2. The van der Waals surface area contributed by atoms with Gasteiger partial charge in [0.2, 0.25) is 11.8 Å². The highest BCUT2D eigenvalue weighted by Gasteiger charge is 2.28. The van der Waals surface area contributed by atoms with Crippen molar-refractivity contribution in [3.63, 3.8) is 0 Å². The molecule has 0 spiro atoms. The van der Waals surface area contributed by atoms with Crippen molar-refractivity contribution >= 4 is 29.3 Å². The highest BCUT2D eigenvalue weighted by atomic mass is 32.2. The molecule has 4 nitrogen and oxygen atoms in total. The molecule has 0 saturated heterocycles. The number of nitrogens with one attached hydrogen (secondary N) is 2. The summed E-state index contributed by atoms with van der Waals surface area (Å²) in [5, 5.41) is 5.12. The van der Waals surface area contributed by atoms with Gasteiger partial charge in [0.1, 0.15) is 5.82 Å². The minimum atomic E-state index is -0.451. The number of carbonyl (C=O) groups excluding carboxylic acids is 2. The predicted octanol–water partition coefficient (Wildman–Crippen LogP) is 2.99. The second-order valence-corrected chi connectivity index (χ2v) is 6.73. The number of fused-ring (bicyclic) bond motifs is 1. The van der Waals surface area contributed by atoms with Crippen molar-refractivity contribution in [2.24, 2.45) is 0 Å². The zero-order chi connectivity index (χ0) is 16.9. The first-order valence-electron chi connectivity index (χ1n) is 7.70. The molecular formula is C18H17FN2O2S. The molecule has 2 aromatic carbocycles. The summed E-state index contributed by atoms with van der Waals surface area (Å²) in [6, 6.07) is 14.0. The van der Waals surface area contributed by atoms with Crippen molar-refractivity contribution in [2.45, 2.75) is 23.0 Å². The lowest BCUT2D eigenvalue weighted by atomic mass is 10.1. The van der Waals surface area contributed by atoms with Crippen LogP contribution in [-0.4, -0.2) is 23.6 Å². The molecule has 1 aliphatic heterocycles. The van der Waals surface area contributed by atoms with Crippen molar-refractivity contribution in [1.29, 1.82) is 0 Å². The Hall–Kier alpha value is -2.34. The summed E-state index contributed by atoms with van der Waals surface area (Å²) in [7, 11) is 0. The van der Waals surface area contributed by atoms with Gasteiger partial charge in [0.25, 0.3) is 0 Å². The van der Waals surface area contributed by atoms with E-state index < -0.39 is 5.25 Å². The third-order valence-electron chi connectivity index (χ3n) is 3.75. The summed E-state index contributed by atoms with van der Waals surface area (Å²) in [5.41, 5.74) is 1.35. The van der Waals surface area contributed by atoms with Crippen LogP contribution in [0.3, 0.4) is 0 Å². The molecule has 0 fully saturated rings. The molecule has 24 heavy (non-hydrogen) atoms. The number of halogens is 1. The molecule has 1 aliphatic rings. The summed E-state index contributed by atoms with van der Waals surface area (Å²) in [6.45, 7) is 0.343. The zero-order valence-corrected chi connectivity index (χ0v) is 13.7. The van der Waals surface area contributed by atoms with Gasteiger partial charge in [-0.2, -0.15) is 0 Å². The number of thioether (sulfide) groups is 1. The van der Waals surface area contributed by atoms with Gasteiger partial charge in [-0.05, 0) is 30.2 Å². The molecule has 1 heterocycles. The van der Waals surface area contributed by atoms with Gasteiger partial charge in [0.15, 0.2) is 0 Å². The monoisotopic (exact) mass is 344 g/mol. The first-order chi connectivity index (χ1) is 11.6. The average molecular weight is 344 g/mol. The number of benzene rings is 2. The van der Waals surface area contributed by atoms with Crippen molar-refractivity contribution in [3.05, 3.63) is 59.9 Å². The molecule has 0 aliphatic carbocycles. The minimum Gasteiger partial charge on any atom is -0.356 e. The van der Waals surface area contributed by atoms with Crippen LogP contribution < -0.4 is 10.6 Å². The number of para-hydroxylation sites is 1. The Kier molecular flexibility index (Phi) is 5.15. The van der Waals surface area contributed by atoms with Crippen molar-refractivity contribution < 1.29 is 14.0 Å². The quantitative estimate of drug-likeness (QED) is 0.877. The Morgan fingerprint density at radius 2 is 1.92 bits per heavy atom. The Balaban J connectivity index is 1.50. The van der Waals surface area contributed by atoms with Crippen LogP contribution in [0.5, 0.6) is 0 Å². The second kappa shape index (κ2) is 7.49. The fourth-order valence-corrected chi connectivity index (χ4v) is 3.62. The Morgan fingerprint density at radius 1 is 1.17 bits per heavy atom. The fraction of sp³-hybridized carbons (Fsp3) is 0.222. The molecule has 6 heteroatoms. The van der Waals surface area contributed by atoms with Crippen LogP contribution in [-0.2, 0) is 16.0 Å². The van der Waals surface area contributed by atoms with Crippen LogP contribution in [0.15, 0.2) is 53.4 Å². The lowest BCUT2D eigenvalue weighted by Crippen LogP contribution is -2.35. The molecule has 2 amide bonds. The van der Waals surface area contributed by atoms with Crippen LogP contribution in [0.4, 0.5) is 10.1 Å². The molecule has 0 unspecified atom stereocenters. The summed E-state index contributed by atoms with van der Waals surface area (Å²) in [6.07, 6.45) is 0.521. The minimum absolute atomic E-state index is 0.0993. The van der Waals surface area contributed by atoms with Gasteiger partial charge in [-0.3, -0.25) is 9.59 Å². The Bertz CT molecular complexity index is 766. The largest absolute Gasteiger partial charge is 0.356 e. The van der Waals surface area contributed by atoms with E-state index in [0.717, 1.165) is 10.6 Å². The Labute approximate surface area is 143 Å². The number of carbonyl (C=O) groups is 2. The summed E-state index contributed by atoms with van der Waals surface area (Å²) >= 11 is 1.39. The molecule has 0 radical (unpaired) electrons. The van der Waals surface area contributed by atoms with Crippen molar-refractivity contribution in [1.82, 2.24) is 5.32 Å². The number of rotatable bonds is 5. The molecule has 1 atom stereocenters. The van der Waals surface area contributed by atoms with Gasteiger partial charge in [-0.25, -0.2) is 4.39 Å². The lowest BCUT2D eigenvalue weighted by Gasteiger charge is -2.23. The molecule has 3 rings (SSSR count). The van der Waals surface area contributed by atoms with Gasteiger partial charge in [-0.15, -0.1) is 11.8 Å². The predicted molar refractivity (Wildman–Crippen MR) is 92.4 cm³/mol. The highest BCUT2D eigenvalue weighted by molar-refractivity contribution is 8.01. The molecule has 2 aromatic rings. The number of hydrogen-bond acceptors (Lipinski definition) is 3. The van der Waals surface area contributed by atoms with E-state index in [9.17, 15) is 14.0 Å². The molecule has 124 valence electrons. The lowest BCUT2D eigenvalue weighted by molar-refractivity contribution is -0.124. The normalized spacial score (nSPS) is 16.2. The SMILES string of the molecule is O=C(C[C@H]1Sc2ccccc2NC1=O)NCCc1ccccc1F. The zero-order valence-electron chi connectivity index (χ0n) is 12.9. The summed E-state index contributed by atoms with van der Waals surface area (Å²) in [5.74, 6) is -0.646. The van der Waals surface area contributed by atoms with E-state index >= 15 is 0 Å². The van der Waals surface area contributed by atoms with Crippen LogP contribution in [0, 0.1) is 5.82 Å². The summed E-state index contributed by atoms with van der Waals surface area (Å²) < 4.78 is 13.5. The maximum absolute atomic E-state index is 13.5. The Morgan fingerprint density at radius 3 is 2.75 bits per heavy atom. The number of anilines is 1. The van der Waals surface area contributed by atoms with E-state index in [2.05, 4.69) is 10.6 Å². The van der Waals surface area contributed by atoms with Crippen molar-refractivity contribution in [3.8, 4) is 0 Å². The van der Waals surface area contributed by atoms with Crippen LogP contribution in [0.2, 0.25) is 0 Å². The molecule has 0 saturated carbocycles. The van der Waals surface area contributed by atoms with Gasteiger partial charge in [0, 0.05) is 17.9 Å². The highest BCUT2D eigenvalue weighted by Crippen LogP contribution is 2.36. The van der Waals surface area contributed by atoms with Crippen LogP contribution >= 0.6 is 11.8 Å². The average Bonchev–Trinajstić information content (AvgIpc) is 2.57. The van der Waals surface area contributed by atoms with Gasteiger partial charge in [0.05, 0.1) is 10.9 Å². The standard InChI is InChI=1S/C18H17FN2O2S/c19-13-6-2-1-5-12(13)9-10-20-17(22)11-16-18(23)21-14-7-3-4-8-15(14)24-16/h1-8,16H,9-11H2,(H,20,22)(H,21,23)/t16-/m1/s1. The first kappa shape index (κ1) is 16.5. The smallest absolute Gasteiger partial charge is 0.238 e. The topological polar surface area (TPSA) is 58.2 Å². The first-order valence-corrected chi connectivity index (χ1v) is 8.58. The molecule has 0 aromatic heterocycles. The maximum atomic E-state index is 13.5. The fourth-order valence-electron chi connectivity index (χ4n) is 2.51. The maximum Gasteiger partial charge on any atom is 0.238 e. The van der Waals surface area contributed by atoms with E-state index in [1.165, 1.54) is 17.8 Å².